The predicted molar refractivity (Wildman–Crippen MR) is 140 cm³/mol. The summed E-state index contributed by atoms with van der Waals surface area (Å²) in [6.07, 6.45) is 9.83. The average molecular weight is 527 g/mol. The van der Waals surface area contributed by atoms with Crippen molar-refractivity contribution in [2.75, 3.05) is 11.4 Å². The fourth-order valence-electron chi connectivity index (χ4n) is 4.79. The maximum Gasteiger partial charge on any atom is 0.370 e. The highest BCUT2D eigenvalue weighted by atomic mass is 32.2. The molecule has 0 saturated heterocycles. The van der Waals surface area contributed by atoms with E-state index >= 15 is 0 Å². The van der Waals surface area contributed by atoms with Crippen LogP contribution in [0.3, 0.4) is 0 Å². The molecule has 196 valence electrons. The van der Waals surface area contributed by atoms with Gasteiger partial charge in [0.2, 0.25) is 5.58 Å². The Hall–Kier alpha value is -3.50. The smallest absolute Gasteiger partial charge is 0.370 e. The van der Waals surface area contributed by atoms with Crippen molar-refractivity contribution >= 4 is 39.1 Å². The third-order valence-electron chi connectivity index (χ3n) is 6.70. The van der Waals surface area contributed by atoms with E-state index in [2.05, 4.69) is 9.88 Å². The number of benzene rings is 1. The number of hydrogen-bond donors (Lipinski definition) is 2. The van der Waals surface area contributed by atoms with Crippen LogP contribution >= 0.6 is 0 Å². The molecule has 2 aromatic heterocycles. The lowest BCUT2D eigenvalue weighted by molar-refractivity contribution is -0.669. The molecule has 0 bridgehead atoms. The zero-order chi connectivity index (χ0) is 26.8. The summed E-state index contributed by atoms with van der Waals surface area (Å²) in [4.78, 5) is 17.4. The van der Waals surface area contributed by atoms with Gasteiger partial charge in [-0.15, -0.1) is 0 Å². The summed E-state index contributed by atoms with van der Waals surface area (Å²) < 4.78 is 41.1. The van der Waals surface area contributed by atoms with Crippen molar-refractivity contribution < 1.29 is 31.9 Å². The molecule has 1 aliphatic rings. The maximum absolute atomic E-state index is 11.8. The number of aromatic nitrogens is 2. The van der Waals surface area contributed by atoms with Crippen LogP contribution < -0.4 is 9.47 Å². The first-order valence-corrected chi connectivity index (χ1v) is 13.8. The van der Waals surface area contributed by atoms with Gasteiger partial charge in [0.05, 0.1) is 17.6 Å². The Balaban J connectivity index is 1.66. The van der Waals surface area contributed by atoms with Gasteiger partial charge < -0.3 is 14.4 Å². The topological polar surface area (TPSA) is 125 Å². The number of aliphatic carboxylic acids is 1. The molecule has 0 amide bonds. The van der Waals surface area contributed by atoms with E-state index in [1.54, 1.807) is 12.1 Å². The highest BCUT2D eigenvalue weighted by Crippen LogP contribution is 2.48. The van der Waals surface area contributed by atoms with Crippen molar-refractivity contribution in [1.82, 2.24) is 4.98 Å². The van der Waals surface area contributed by atoms with Gasteiger partial charge in [-0.05, 0) is 61.7 Å². The van der Waals surface area contributed by atoms with E-state index in [0.717, 1.165) is 42.0 Å². The Kier molecular flexibility index (Phi) is 7.52. The zero-order valence-electron chi connectivity index (χ0n) is 21.2. The lowest BCUT2D eigenvalue weighted by atomic mass is 9.83. The van der Waals surface area contributed by atoms with Crippen LogP contribution in [0.4, 0.5) is 5.69 Å². The first-order valence-electron chi connectivity index (χ1n) is 12.3. The van der Waals surface area contributed by atoms with Crippen molar-refractivity contribution in [3.05, 3.63) is 65.8 Å². The molecule has 37 heavy (non-hydrogen) atoms. The molecule has 0 atom stereocenters. The minimum atomic E-state index is -4.34. The van der Waals surface area contributed by atoms with Gasteiger partial charge in [-0.3, -0.25) is 9.35 Å². The maximum atomic E-state index is 11.8. The summed E-state index contributed by atoms with van der Waals surface area (Å²) in [5, 5.41) is 8.91. The number of carboxylic acid groups (broad SMARTS) is 1. The molecule has 4 rings (SSSR count). The summed E-state index contributed by atoms with van der Waals surface area (Å²) in [6, 6.07) is 8.44. The number of carbonyl (C=O) groups is 1. The summed E-state index contributed by atoms with van der Waals surface area (Å²) in [7, 11) is -4.34. The second-order valence-electron chi connectivity index (χ2n) is 9.58. The normalized spacial score (nSPS) is 16.2. The quantitative estimate of drug-likeness (QED) is 0.221. The summed E-state index contributed by atoms with van der Waals surface area (Å²) >= 11 is 0. The number of pyridine rings is 1. The number of nitrogens with zero attached hydrogens (tertiary/aromatic N) is 3. The molecule has 0 fully saturated rings. The van der Waals surface area contributed by atoms with Gasteiger partial charge in [0.25, 0.3) is 10.1 Å². The summed E-state index contributed by atoms with van der Waals surface area (Å²) in [5.74, 6) is -0.331. The number of fused-ring (bicyclic) bond motifs is 2. The highest BCUT2D eigenvalue weighted by Gasteiger charge is 2.40. The molecule has 9 nitrogen and oxygen atoms in total. The van der Waals surface area contributed by atoms with Crippen LogP contribution in [0.25, 0.3) is 17.3 Å². The minimum absolute atomic E-state index is 0.133. The average Bonchev–Trinajstić information content (AvgIpc) is 3.34. The summed E-state index contributed by atoms with van der Waals surface area (Å²) in [5.41, 5.74) is 3.52. The molecule has 0 unspecified atom stereocenters. The van der Waals surface area contributed by atoms with E-state index in [0.29, 0.717) is 24.4 Å². The van der Waals surface area contributed by atoms with Gasteiger partial charge in [-0.25, -0.2) is 4.57 Å². The van der Waals surface area contributed by atoms with Gasteiger partial charge in [-0.2, -0.15) is 8.42 Å². The van der Waals surface area contributed by atoms with Gasteiger partial charge in [0, 0.05) is 40.8 Å². The van der Waals surface area contributed by atoms with Crippen LogP contribution in [0.15, 0.2) is 63.7 Å². The molecule has 1 aliphatic heterocycles. The lowest BCUT2D eigenvalue weighted by Crippen LogP contribution is -2.32. The first kappa shape index (κ1) is 26.6. The van der Waals surface area contributed by atoms with Crippen LogP contribution in [-0.2, 0) is 26.9 Å². The second kappa shape index (κ2) is 10.5. The van der Waals surface area contributed by atoms with E-state index in [4.69, 9.17) is 9.52 Å². The molecule has 0 saturated carbocycles. The van der Waals surface area contributed by atoms with Crippen LogP contribution in [0, 0.1) is 0 Å². The van der Waals surface area contributed by atoms with Crippen molar-refractivity contribution in [3.8, 4) is 0 Å². The fourth-order valence-corrected chi connectivity index (χ4v) is 5.29. The van der Waals surface area contributed by atoms with Crippen LogP contribution in [-0.4, -0.2) is 35.6 Å². The van der Waals surface area contributed by atoms with E-state index in [-0.39, 0.29) is 11.3 Å². The van der Waals surface area contributed by atoms with E-state index in [1.165, 1.54) is 12.1 Å². The second-order valence-corrected chi connectivity index (χ2v) is 11.0. The fraction of sp³-hybridized carbons (Fsp3) is 0.370. The number of carboxylic acids is 1. The Labute approximate surface area is 216 Å². The van der Waals surface area contributed by atoms with Crippen molar-refractivity contribution in [3.63, 3.8) is 0 Å². The molecule has 3 aromatic rings. The minimum Gasteiger partial charge on any atom is -0.481 e. The Morgan fingerprint density at radius 2 is 2.00 bits per heavy atom. The largest absolute Gasteiger partial charge is 0.481 e. The van der Waals surface area contributed by atoms with Gasteiger partial charge in [-0.1, -0.05) is 26.3 Å². The van der Waals surface area contributed by atoms with Crippen molar-refractivity contribution in [1.29, 1.82) is 0 Å². The standard InChI is InChI=1S/C27H31N3O6S/c1-4-29-16-9-10-22-26(29)28-24(36-22)12-8-11-23-27(2,3)20-18-19(37(33,34)35)14-15-21(20)30(23)17-7-5-6-13-25(31)32/h8-12,14-16,18H,4-7,13,17H2,1-3H3,(H-,31,32,33,34,35)/p+1. The number of oxazole rings is 1. The van der Waals surface area contributed by atoms with Crippen molar-refractivity contribution in [2.45, 2.75) is 63.3 Å². The number of anilines is 1. The molecular weight excluding hydrogens is 494 g/mol. The Morgan fingerprint density at radius 3 is 2.70 bits per heavy atom. The van der Waals surface area contributed by atoms with Gasteiger partial charge >= 0.3 is 17.5 Å². The first-order chi connectivity index (χ1) is 17.5. The molecule has 1 aromatic carbocycles. The predicted octanol–water partition coefficient (Wildman–Crippen LogP) is 4.72. The number of aryl methyl sites for hydroxylation is 1. The SMILES string of the molecule is CC[n+]1cccc2oc(C=CC=C3N(CCCCCC(=O)O)c4ccc(S(=O)(=O)O)cc4C3(C)C)nc21. The number of rotatable bonds is 10. The van der Waals surface area contributed by atoms with Crippen LogP contribution in [0.2, 0.25) is 0 Å². The highest BCUT2D eigenvalue weighted by molar-refractivity contribution is 7.85. The van der Waals surface area contributed by atoms with E-state index in [9.17, 15) is 17.8 Å². The molecule has 2 N–H and O–H groups in total. The number of unbranched alkanes of at least 4 members (excludes halogenated alkanes) is 2. The monoisotopic (exact) mass is 526 g/mol. The molecular formula is C27H32N3O6S+. The molecule has 0 spiro atoms. The van der Waals surface area contributed by atoms with Gasteiger partial charge in [0.1, 0.15) is 0 Å². The molecule has 10 heteroatoms. The number of hydrogen-bond acceptors (Lipinski definition) is 6. The Bertz CT molecular complexity index is 1490. The number of allylic oxidation sites excluding steroid dienone is 3. The molecule has 0 aliphatic carbocycles. The van der Waals surface area contributed by atoms with Crippen LogP contribution in [0.1, 0.15) is 57.9 Å². The van der Waals surface area contributed by atoms with E-state index in [1.807, 2.05) is 55.8 Å². The third kappa shape index (κ3) is 5.60. The van der Waals surface area contributed by atoms with Crippen LogP contribution in [0.5, 0.6) is 0 Å². The molecule has 3 heterocycles. The lowest BCUT2D eigenvalue weighted by Gasteiger charge is -2.27. The van der Waals surface area contributed by atoms with Crippen molar-refractivity contribution in [2.24, 2.45) is 0 Å². The third-order valence-corrected chi connectivity index (χ3v) is 7.55. The Morgan fingerprint density at radius 1 is 1.22 bits per heavy atom. The summed E-state index contributed by atoms with van der Waals surface area (Å²) in [6.45, 7) is 7.47. The molecule has 0 radical (unpaired) electrons. The van der Waals surface area contributed by atoms with Gasteiger partial charge in [0.15, 0.2) is 0 Å². The van der Waals surface area contributed by atoms with E-state index < -0.39 is 21.5 Å². The zero-order valence-corrected chi connectivity index (χ0v) is 22.0.